The van der Waals surface area contributed by atoms with Gasteiger partial charge in [-0.05, 0) is 12.8 Å². The maximum Gasteiger partial charge on any atom is 0.205 e. The number of anilines is 1. The molecule has 0 N–H and O–H groups in total. The Bertz CT molecular complexity index is 281. The van der Waals surface area contributed by atoms with Crippen molar-refractivity contribution >= 4 is 17.5 Å². The predicted octanol–water partition coefficient (Wildman–Crippen LogP) is 2.65. The molecule has 15 heavy (non-hydrogen) atoms. The fourth-order valence-electron chi connectivity index (χ4n) is 1.90. The van der Waals surface area contributed by atoms with Gasteiger partial charge in [0.2, 0.25) is 5.95 Å². The Morgan fingerprint density at radius 3 is 2.53 bits per heavy atom. The second-order valence-corrected chi connectivity index (χ2v) is 4.07. The van der Waals surface area contributed by atoms with Crippen molar-refractivity contribution in [3.63, 3.8) is 0 Å². The van der Waals surface area contributed by atoms with E-state index in [4.69, 9.17) is 11.6 Å². The van der Waals surface area contributed by atoms with Crippen molar-refractivity contribution in [1.82, 2.24) is 9.55 Å². The molecular formula is C11H20ClN3. The van der Waals surface area contributed by atoms with Gasteiger partial charge in [-0.25, -0.2) is 4.98 Å². The Hall–Kier alpha value is -0.700. The third-order valence-electron chi connectivity index (χ3n) is 2.76. The molecule has 3 nitrogen and oxygen atoms in total. The van der Waals surface area contributed by atoms with Crippen LogP contribution in [0.25, 0.3) is 0 Å². The maximum atomic E-state index is 5.84. The average molecular weight is 230 g/mol. The minimum absolute atomic E-state index is 0.532. The van der Waals surface area contributed by atoms with Gasteiger partial charge in [0.05, 0.1) is 0 Å². The number of rotatable bonds is 6. The van der Waals surface area contributed by atoms with E-state index >= 15 is 0 Å². The second kappa shape index (κ2) is 6.01. The molecule has 4 heteroatoms. The van der Waals surface area contributed by atoms with Crippen LogP contribution in [0.4, 0.5) is 5.95 Å². The number of aromatic nitrogens is 2. The Labute approximate surface area is 97.1 Å². The minimum Gasteiger partial charge on any atom is -0.338 e. The van der Waals surface area contributed by atoms with E-state index in [0.29, 0.717) is 11.9 Å². The standard InChI is InChI=1S/C11H20ClN3/c1-4-10(5-2)15(8-6-12)11-13-7-9-14(11)3/h7,9-10H,4-6,8H2,1-3H3. The largest absolute Gasteiger partial charge is 0.338 e. The molecule has 1 heterocycles. The Morgan fingerprint density at radius 1 is 1.47 bits per heavy atom. The first-order chi connectivity index (χ1) is 7.24. The summed E-state index contributed by atoms with van der Waals surface area (Å²) in [4.78, 5) is 6.68. The lowest BCUT2D eigenvalue weighted by Gasteiger charge is -2.30. The first-order valence-corrected chi connectivity index (χ1v) is 6.07. The number of nitrogens with zero attached hydrogens (tertiary/aromatic N) is 3. The molecule has 0 fully saturated rings. The smallest absolute Gasteiger partial charge is 0.205 e. The second-order valence-electron chi connectivity index (χ2n) is 3.69. The van der Waals surface area contributed by atoms with E-state index < -0.39 is 0 Å². The summed E-state index contributed by atoms with van der Waals surface area (Å²) < 4.78 is 2.05. The number of halogens is 1. The van der Waals surface area contributed by atoms with Gasteiger partial charge in [-0.2, -0.15) is 0 Å². The molecule has 0 bridgehead atoms. The van der Waals surface area contributed by atoms with Crippen molar-refractivity contribution in [3.05, 3.63) is 12.4 Å². The molecule has 0 saturated heterocycles. The van der Waals surface area contributed by atoms with Gasteiger partial charge in [0.25, 0.3) is 0 Å². The monoisotopic (exact) mass is 229 g/mol. The van der Waals surface area contributed by atoms with Crippen LogP contribution >= 0.6 is 11.6 Å². The summed E-state index contributed by atoms with van der Waals surface area (Å²) in [5.41, 5.74) is 0. The molecule has 86 valence electrons. The lowest BCUT2D eigenvalue weighted by Crippen LogP contribution is -2.37. The van der Waals surface area contributed by atoms with Gasteiger partial charge >= 0.3 is 0 Å². The van der Waals surface area contributed by atoms with Gasteiger partial charge in [-0.15, -0.1) is 11.6 Å². The quantitative estimate of drug-likeness (QED) is 0.700. The van der Waals surface area contributed by atoms with Crippen molar-refractivity contribution in [3.8, 4) is 0 Å². The third kappa shape index (κ3) is 2.88. The summed E-state index contributed by atoms with van der Waals surface area (Å²) in [5.74, 6) is 1.66. The average Bonchev–Trinajstić information content (AvgIpc) is 2.65. The van der Waals surface area contributed by atoms with Crippen molar-refractivity contribution in [2.75, 3.05) is 17.3 Å². The van der Waals surface area contributed by atoms with E-state index in [2.05, 4.69) is 23.7 Å². The molecule has 0 radical (unpaired) electrons. The topological polar surface area (TPSA) is 21.1 Å². The molecule has 0 unspecified atom stereocenters. The lowest BCUT2D eigenvalue weighted by molar-refractivity contribution is 0.550. The highest BCUT2D eigenvalue weighted by atomic mass is 35.5. The van der Waals surface area contributed by atoms with Crippen molar-refractivity contribution in [2.45, 2.75) is 32.7 Å². The van der Waals surface area contributed by atoms with Gasteiger partial charge in [0, 0.05) is 37.9 Å². The fourth-order valence-corrected chi connectivity index (χ4v) is 2.08. The van der Waals surface area contributed by atoms with Gasteiger partial charge in [-0.1, -0.05) is 13.8 Å². The Kier molecular flexibility index (Phi) is 4.95. The van der Waals surface area contributed by atoms with E-state index in [-0.39, 0.29) is 0 Å². The zero-order valence-corrected chi connectivity index (χ0v) is 10.5. The number of hydrogen-bond acceptors (Lipinski definition) is 2. The van der Waals surface area contributed by atoms with E-state index in [9.17, 15) is 0 Å². The molecule has 0 spiro atoms. The van der Waals surface area contributed by atoms with Crippen molar-refractivity contribution in [1.29, 1.82) is 0 Å². The summed E-state index contributed by atoms with van der Waals surface area (Å²) in [5, 5.41) is 0. The van der Waals surface area contributed by atoms with Crippen LogP contribution in [-0.4, -0.2) is 28.0 Å². The van der Waals surface area contributed by atoms with E-state index in [0.717, 1.165) is 25.3 Å². The highest BCUT2D eigenvalue weighted by molar-refractivity contribution is 6.18. The van der Waals surface area contributed by atoms with Crippen LogP contribution in [0.5, 0.6) is 0 Å². The third-order valence-corrected chi connectivity index (χ3v) is 2.93. The number of hydrogen-bond donors (Lipinski definition) is 0. The predicted molar refractivity (Wildman–Crippen MR) is 65.6 cm³/mol. The molecule has 0 atom stereocenters. The van der Waals surface area contributed by atoms with Gasteiger partial charge in [-0.3, -0.25) is 0 Å². The van der Waals surface area contributed by atoms with Gasteiger partial charge < -0.3 is 9.47 Å². The molecule has 0 aromatic carbocycles. The molecule has 1 aromatic rings. The summed E-state index contributed by atoms with van der Waals surface area (Å²) in [7, 11) is 2.02. The molecular weight excluding hydrogens is 210 g/mol. The number of alkyl halides is 1. The molecule has 0 aliphatic heterocycles. The number of aryl methyl sites for hydroxylation is 1. The fraction of sp³-hybridized carbons (Fsp3) is 0.727. The zero-order valence-electron chi connectivity index (χ0n) is 9.78. The van der Waals surface area contributed by atoms with Crippen LogP contribution in [0.15, 0.2) is 12.4 Å². The molecule has 1 rings (SSSR count). The summed E-state index contributed by atoms with van der Waals surface area (Å²) in [6.07, 6.45) is 6.05. The maximum absolute atomic E-state index is 5.84. The molecule has 1 aromatic heterocycles. The van der Waals surface area contributed by atoms with Gasteiger partial charge in [0.15, 0.2) is 0 Å². The number of imidazole rings is 1. The van der Waals surface area contributed by atoms with E-state index in [1.807, 2.05) is 24.0 Å². The Morgan fingerprint density at radius 2 is 2.13 bits per heavy atom. The summed E-state index contributed by atoms with van der Waals surface area (Å²) >= 11 is 5.84. The van der Waals surface area contributed by atoms with Gasteiger partial charge in [0.1, 0.15) is 0 Å². The van der Waals surface area contributed by atoms with E-state index in [1.54, 1.807) is 0 Å². The Balaban J connectivity index is 2.86. The van der Waals surface area contributed by atoms with Crippen LogP contribution in [0.2, 0.25) is 0 Å². The van der Waals surface area contributed by atoms with Crippen molar-refractivity contribution < 1.29 is 0 Å². The molecule has 0 saturated carbocycles. The first kappa shape index (κ1) is 12.4. The van der Waals surface area contributed by atoms with Crippen molar-refractivity contribution in [2.24, 2.45) is 7.05 Å². The highest BCUT2D eigenvalue weighted by Gasteiger charge is 2.18. The normalized spacial score (nSPS) is 11.0. The molecule has 0 aliphatic rings. The van der Waals surface area contributed by atoms with Crippen LogP contribution in [0, 0.1) is 0 Å². The zero-order chi connectivity index (χ0) is 11.3. The first-order valence-electron chi connectivity index (χ1n) is 5.54. The molecule has 0 aliphatic carbocycles. The van der Waals surface area contributed by atoms with Crippen LogP contribution in [-0.2, 0) is 7.05 Å². The van der Waals surface area contributed by atoms with Crippen LogP contribution in [0.3, 0.4) is 0 Å². The SMILES string of the molecule is CCC(CC)N(CCCl)c1nccn1C. The van der Waals surface area contributed by atoms with E-state index in [1.165, 1.54) is 0 Å². The summed E-state index contributed by atoms with van der Waals surface area (Å²) in [6.45, 7) is 5.27. The van der Waals surface area contributed by atoms with Crippen LogP contribution < -0.4 is 4.90 Å². The molecule has 0 amide bonds. The van der Waals surface area contributed by atoms with Crippen LogP contribution in [0.1, 0.15) is 26.7 Å². The highest BCUT2D eigenvalue weighted by Crippen LogP contribution is 2.17. The lowest BCUT2D eigenvalue weighted by atomic mass is 10.1. The summed E-state index contributed by atoms with van der Waals surface area (Å²) in [6, 6.07) is 0.532. The minimum atomic E-state index is 0.532.